The van der Waals surface area contributed by atoms with Crippen molar-refractivity contribution in [3.63, 3.8) is 0 Å². The van der Waals surface area contributed by atoms with Gasteiger partial charge in [-0.3, -0.25) is 9.88 Å². The SMILES string of the molecule is Cc1ccc(NC(=O)Nc2cc(F)cc(CN3CC[C@H](N(CS(=O)(=O)N(C)C)c4ccccc4)C3)c2)cn1. The predicted octanol–water partition coefficient (Wildman–Crippen LogP) is 4.10. The highest BCUT2D eigenvalue weighted by Crippen LogP contribution is 2.26. The molecule has 4 rings (SSSR count). The summed E-state index contributed by atoms with van der Waals surface area (Å²) >= 11 is 0. The number of anilines is 3. The third-order valence-electron chi connectivity index (χ3n) is 6.43. The first-order valence-electron chi connectivity index (χ1n) is 12.3. The molecule has 1 fully saturated rings. The summed E-state index contributed by atoms with van der Waals surface area (Å²) in [5.41, 5.74) is 3.27. The Hall–Kier alpha value is -3.54. The van der Waals surface area contributed by atoms with Crippen LogP contribution in [0.1, 0.15) is 17.7 Å². The van der Waals surface area contributed by atoms with Gasteiger partial charge in [0.1, 0.15) is 11.7 Å². The maximum absolute atomic E-state index is 14.4. The molecular formula is C27H33FN6O3S. The Morgan fingerprint density at radius 2 is 1.82 bits per heavy atom. The number of carbonyl (C=O) groups is 1. The van der Waals surface area contributed by atoms with Crippen molar-refractivity contribution in [2.45, 2.75) is 25.9 Å². The Bertz CT molecular complexity index is 1350. The van der Waals surface area contributed by atoms with Gasteiger partial charge in [0.25, 0.3) is 0 Å². The lowest BCUT2D eigenvalue weighted by Crippen LogP contribution is -2.44. The van der Waals surface area contributed by atoms with Gasteiger partial charge in [-0.25, -0.2) is 21.9 Å². The molecule has 11 heteroatoms. The molecule has 0 unspecified atom stereocenters. The van der Waals surface area contributed by atoms with Crippen LogP contribution in [-0.4, -0.2) is 67.7 Å². The van der Waals surface area contributed by atoms with Crippen molar-refractivity contribution in [1.82, 2.24) is 14.2 Å². The lowest BCUT2D eigenvalue weighted by Gasteiger charge is -2.32. The number of sulfonamides is 1. The van der Waals surface area contributed by atoms with Crippen LogP contribution in [-0.2, 0) is 16.6 Å². The summed E-state index contributed by atoms with van der Waals surface area (Å²) in [6.07, 6.45) is 2.32. The van der Waals surface area contributed by atoms with E-state index in [1.54, 1.807) is 24.4 Å². The molecule has 0 saturated carbocycles. The summed E-state index contributed by atoms with van der Waals surface area (Å²) in [6.45, 7) is 3.68. The number of rotatable bonds is 9. The summed E-state index contributed by atoms with van der Waals surface area (Å²) < 4.78 is 41.1. The Labute approximate surface area is 223 Å². The van der Waals surface area contributed by atoms with Crippen molar-refractivity contribution in [2.75, 3.05) is 48.6 Å². The molecule has 1 aromatic heterocycles. The number of nitrogens with one attached hydrogen (secondary N) is 2. The van der Waals surface area contributed by atoms with Gasteiger partial charge in [0.2, 0.25) is 10.0 Å². The quantitative estimate of drug-likeness (QED) is 0.424. The minimum atomic E-state index is -3.47. The van der Waals surface area contributed by atoms with E-state index >= 15 is 0 Å². The fourth-order valence-electron chi connectivity index (χ4n) is 4.42. The van der Waals surface area contributed by atoms with Crippen LogP contribution in [0, 0.1) is 12.7 Å². The standard InChI is InChI=1S/C27H33FN6O3S/c1-20-9-10-23(16-29-20)30-27(35)31-24-14-21(13-22(28)15-24)17-33-12-11-26(18-33)34(19-38(36,37)32(2)3)25-7-5-4-6-8-25/h4-10,13-16,26H,11-12,17-19H2,1-3H3,(H2,30,31,35)/t26-/m0/s1. The molecule has 0 spiro atoms. The zero-order valence-corrected chi connectivity index (χ0v) is 22.6. The number of halogens is 1. The summed E-state index contributed by atoms with van der Waals surface area (Å²) in [5.74, 6) is -0.573. The maximum atomic E-state index is 14.4. The largest absolute Gasteiger partial charge is 0.352 e. The Morgan fingerprint density at radius 3 is 2.50 bits per heavy atom. The minimum Gasteiger partial charge on any atom is -0.352 e. The van der Waals surface area contributed by atoms with E-state index in [0.29, 0.717) is 30.0 Å². The van der Waals surface area contributed by atoms with Crippen molar-refractivity contribution >= 4 is 33.1 Å². The molecule has 0 bridgehead atoms. The van der Waals surface area contributed by atoms with Crippen molar-refractivity contribution < 1.29 is 17.6 Å². The number of para-hydroxylation sites is 1. The zero-order chi connectivity index (χ0) is 27.3. The van der Waals surface area contributed by atoms with Crippen LogP contribution in [0.15, 0.2) is 66.9 Å². The van der Waals surface area contributed by atoms with Crippen LogP contribution in [0.5, 0.6) is 0 Å². The van der Waals surface area contributed by atoms with Crippen molar-refractivity contribution in [3.05, 3.63) is 83.9 Å². The van der Waals surface area contributed by atoms with E-state index < -0.39 is 21.9 Å². The molecule has 1 saturated heterocycles. The molecule has 2 heterocycles. The number of aromatic nitrogens is 1. The molecule has 2 amide bonds. The summed E-state index contributed by atoms with van der Waals surface area (Å²) in [5, 5.41) is 5.37. The predicted molar refractivity (Wildman–Crippen MR) is 148 cm³/mol. The van der Waals surface area contributed by atoms with Gasteiger partial charge in [0, 0.05) is 56.8 Å². The van der Waals surface area contributed by atoms with Gasteiger partial charge in [0.15, 0.2) is 0 Å². The minimum absolute atomic E-state index is 0.0211. The molecule has 1 aliphatic rings. The number of amides is 2. The molecule has 1 atom stereocenters. The smallest absolute Gasteiger partial charge is 0.323 e. The first kappa shape index (κ1) is 27.5. The number of pyridine rings is 1. The molecule has 2 N–H and O–H groups in total. The fraction of sp³-hybridized carbons (Fsp3) is 0.333. The molecule has 9 nitrogen and oxygen atoms in total. The average Bonchev–Trinajstić information content (AvgIpc) is 3.32. The van der Waals surface area contributed by atoms with Gasteiger partial charge >= 0.3 is 6.03 Å². The number of benzene rings is 2. The van der Waals surface area contributed by atoms with Crippen molar-refractivity contribution in [2.24, 2.45) is 0 Å². The van der Waals surface area contributed by atoms with E-state index in [1.807, 2.05) is 42.2 Å². The second-order valence-electron chi connectivity index (χ2n) is 9.62. The van der Waals surface area contributed by atoms with Crippen molar-refractivity contribution in [1.29, 1.82) is 0 Å². The number of urea groups is 1. The van der Waals surface area contributed by atoms with E-state index in [-0.39, 0.29) is 11.9 Å². The van der Waals surface area contributed by atoms with Gasteiger partial charge in [-0.05, 0) is 61.4 Å². The summed E-state index contributed by atoms with van der Waals surface area (Å²) in [4.78, 5) is 20.6. The summed E-state index contributed by atoms with van der Waals surface area (Å²) in [7, 11) is -0.397. The van der Waals surface area contributed by atoms with Crippen LogP contribution in [0.4, 0.5) is 26.2 Å². The molecule has 2 aromatic carbocycles. The molecule has 38 heavy (non-hydrogen) atoms. The summed E-state index contributed by atoms with van der Waals surface area (Å²) in [6, 6.07) is 17.0. The monoisotopic (exact) mass is 540 g/mol. The number of likely N-dealkylation sites (tertiary alicyclic amines) is 1. The number of hydrogen-bond acceptors (Lipinski definition) is 6. The first-order chi connectivity index (χ1) is 18.1. The van der Waals surface area contributed by atoms with E-state index in [4.69, 9.17) is 0 Å². The normalized spacial score (nSPS) is 16.0. The zero-order valence-electron chi connectivity index (χ0n) is 21.8. The molecule has 1 aliphatic heterocycles. The van der Waals surface area contributed by atoms with Crippen LogP contribution >= 0.6 is 0 Å². The van der Waals surface area contributed by atoms with E-state index in [9.17, 15) is 17.6 Å². The van der Waals surface area contributed by atoms with Crippen LogP contribution in [0.2, 0.25) is 0 Å². The second kappa shape index (κ2) is 11.9. The molecule has 0 radical (unpaired) electrons. The van der Waals surface area contributed by atoms with Gasteiger partial charge in [-0.2, -0.15) is 0 Å². The van der Waals surface area contributed by atoms with E-state index in [2.05, 4.69) is 20.5 Å². The highest BCUT2D eigenvalue weighted by atomic mass is 32.2. The van der Waals surface area contributed by atoms with Crippen LogP contribution in [0.3, 0.4) is 0 Å². The van der Waals surface area contributed by atoms with Gasteiger partial charge < -0.3 is 15.5 Å². The lowest BCUT2D eigenvalue weighted by atomic mass is 10.1. The number of aryl methyl sites for hydroxylation is 1. The highest BCUT2D eigenvalue weighted by molar-refractivity contribution is 7.89. The topological polar surface area (TPSA) is 97.9 Å². The van der Waals surface area contributed by atoms with Gasteiger partial charge in [0.05, 0.1) is 11.9 Å². The van der Waals surface area contributed by atoms with E-state index in [1.165, 1.54) is 30.5 Å². The fourth-order valence-corrected chi connectivity index (χ4v) is 5.36. The second-order valence-corrected chi connectivity index (χ2v) is 11.8. The Balaban J connectivity index is 1.42. The van der Waals surface area contributed by atoms with Gasteiger partial charge in [-0.1, -0.05) is 18.2 Å². The number of hydrogen-bond donors (Lipinski definition) is 2. The maximum Gasteiger partial charge on any atom is 0.323 e. The van der Waals surface area contributed by atoms with Gasteiger partial charge in [-0.15, -0.1) is 0 Å². The number of nitrogens with zero attached hydrogens (tertiary/aromatic N) is 4. The Morgan fingerprint density at radius 1 is 1.08 bits per heavy atom. The molecule has 202 valence electrons. The first-order valence-corrected chi connectivity index (χ1v) is 13.9. The van der Waals surface area contributed by atoms with E-state index in [0.717, 1.165) is 24.3 Å². The third-order valence-corrected chi connectivity index (χ3v) is 8.14. The highest BCUT2D eigenvalue weighted by Gasteiger charge is 2.31. The molecule has 3 aromatic rings. The molecule has 0 aliphatic carbocycles. The average molecular weight is 541 g/mol. The Kier molecular flexibility index (Phi) is 8.60. The third kappa shape index (κ3) is 7.27. The molecular weight excluding hydrogens is 507 g/mol. The van der Waals surface area contributed by atoms with Crippen LogP contribution in [0.25, 0.3) is 0 Å². The van der Waals surface area contributed by atoms with Crippen LogP contribution < -0.4 is 15.5 Å². The van der Waals surface area contributed by atoms with Crippen molar-refractivity contribution in [3.8, 4) is 0 Å². The number of carbonyl (C=O) groups excluding carboxylic acids is 1. The lowest BCUT2D eigenvalue weighted by molar-refractivity contribution is 0.262.